The number of aromatic carboxylic acids is 1. The van der Waals surface area contributed by atoms with Gasteiger partial charge in [0.1, 0.15) is 5.75 Å². The molecule has 0 bridgehead atoms. The van der Waals surface area contributed by atoms with Crippen LogP contribution >= 0.6 is 11.6 Å². The Morgan fingerprint density at radius 1 is 1.17 bits per heavy atom. The number of hydrogen-bond donors (Lipinski definition) is 2. The number of carboxylic acid groups (broad SMARTS) is 1. The van der Waals surface area contributed by atoms with Gasteiger partial charge in [-0.25, -0.2) is 4.79 Å². The quantitative estimate of drug-likeness (QED) is 0.822. The standard InChI is InChI=1S/C18H18ClNO4/c1-11(2)12-3-6-14(7-4-12)24-10-17(21)20-13-5-8-15(18(22)23)16(19)9-13/h3-9,11H,10H2,1-2H3,(H,20,21)(H,22,23). The highest BCUT2D eigenvalue weighted by Crippen LogP contribution is 2.21. The molecule has 0 aliphatic heterocycles. The molecule has 0 unspecified atom stereocenters. The van der Waals surface area contributed by atoms with Crippen molar-refractivity contribution in [3.8, 4) is 5.75 Å². The summed E-state index contributed by atoms with van der Waals surface area (Å²) in [5.74, 6) is -0.442. The second-order valence-corrected chi connectivity index (χ2v) is 5.97. The van der Waals surface area contributed by atoms with Gasteiger partial charge in [0.2, 0.25) is 0 Å². The second kappa shape index (κ2) is 7.84. The zero-order valence-corrected chi connectivity index (χ0v) is 14.1. The summed E-state index contributed by atoms with van der Waals surface area (Å²) >= 11 is 5.86. The molecule has 0 aromatic heterocycles. The van der Waals surface area contributed by atoms with E-state index in [1.54, 1.807) is 0 Å². The third-order valence-electron chi connectivity index (χ3n) is 3.40. The predicted molar refractivity (Wildman–Crippen MR) is 93.1 cm³/mol. The van der Waals surface area contributed by atoms with Gasteiger partial charge < -0.3 is 15.2 Å². The van der Waals surface area contributed by atoms with Crippen LogP contribution in [0, 0.1) is 0 Å². The monoisotopic (exact) mass is 347 g/mol. The average Bonchev–Trinajstić information content (AvgIpc) is 2.53. The highest BCUT2D eigenvalue weighted by Gasteiger charge is 2.10. The number of nitrogens with one attached hydrogen (secondary N) is 1. The fraction of sp³-hybridized carbons (Fsp3) is 0.222. The molecular weight excluding hydrogens is 330 g/mol. The normalized spacial score (nSPS) is 10.5. The first-order chi connectivity index (χ1) is 11.4. The first-order valence-electron chi connectivity index (χ1n) is 7.42. The van der Waals surface area contributed by atoms with Gasteiger partial charge in [0.25, 0.3) is 5.91 Å². The minimum atomic E-state index is -1.12. The summed E-state index contributed by atoms with van der Waals surface area (Å²) in [6, 6.07) is 11.8. The first-order valence-corrected chi connectivity index (χ1v) is 7.80. The lowest BCUT2D eigenvalue weighted by molar-refractivity contribution is -0.118. The van der Waals surface area contributed by atoms with Crippen LogP contribution < -0.4 is 10.1 Å². The Hall–Kier alpha value is -2.53. The van der Waals surface area contributed by atoms with Gasteiger partial charge in [0.15, 0.2) is 6.61 Å². The van der Waals surface area contributed by atoms with E-state index < -0.39 is 5.97 Å². The van der Waals surface area contributed by atoms with Crippen molar-refractivity contribution in [1.29, 1.82) is 0 Å². The fourth-order valence-corrected chi connectivity index (χ4v) is 2.32. The van der Waals surface area contributed by atoms with Crippen LogP contribution in [0.25, 0.3) is 0 Å². The summed E-state index contributed by atoms with van der Waals surface area (Å²) in [5.41, 5.74) is 1.59. The number of benzene rings is 2. The molecule has 1 amide bonds. The Kier molecular flexibility index (Phi) is 5.82. The fourth-order valence-electron chi connectivity index (χ4n) is 2.06. The third-order valence-corrected chi connectivity index (χ3v) is 3.71. The Balaban J connectivity index is 1.91. The summed E-state index contributed by atoms with van der Waals surface area (Å²) in [6.07, 6.45) is 0. The van der Waals surface area contributed by atoms with E-state index in [4.69, 9.17) is 21.4 Å². The lowest BCUT2D eigenvalue weighted by atomic mass is 10.0. The molecule has 0 spiro atoms. The van der Waals surface area contributed by atoms with Crippen LogP contribution in [0.5, 0.6) is 5.75 Å². The number of hydrogen-bond acceptors (Lipinski definition) is 3. The van der Waals surface area contributed by atoms with E-state index in [0.717, 1.165) is 0 Å². The number of amides is 1. The molecule has 6 heteroatoms. The van der Waals surface area contributed by atoms with Crippen molar-refractivity contribution in [1.82, 2.24) is 0 Å². The molecular formula is C18H18ClNO4. The van der Waals surface area contributed by atoms with Gasteiger partial charge in [-0.2, -0.15) is 0 Å². The largest absolute Gasteiger partial charge is 0.484 e. The molecule has 0 heterocycles. The van der Waals surface area contributed by atoms with Crippen LogP contribution in [0.1, 0.15) is 35.7 Å². The molecule has 0 saturated carbocycles. The van der Waals surface area contributed by atoms with Crippen LogP contribution in [0.15, 0.2) is 42.5 Å². The van der Waals surface area contributed by atoms with E-state index in [-0.39, 0.29) is 23.1 Å². The topological polar surface area (TPSA) is 75.6 Å². The first kappa shape index (κ1) is 17.8. The maximum absolute atomic E-state index is 11.9. The van der Waals surface area contributed by atoms with Crippen LogP contribution in [-0.2, 0) is 4.79 Å². The van der Waals surface area contributed by atoms with Crippen molar-refractivity contribution in [2.75, 3.05) is 11.9 Å². The molecule has 2 aromatic rings. The number of halogens is 1. The van der Waals surface area contributed by atoms with Crippen LogP contribution in [0.4, 0.5) is 5.69 Å². The van der Waals surface area contributed by atoms with E-state index in [0.29, 0.717) is 17.4 Å². The van der Waals surface area contributed by atoms with Gasteiger partial charge in [-0.15, -0.1) is 0 Å². The number of carbonyl (C=O) groups is 2. The van der Waals surface area contributed by atoms with E-state index in [9.17, 15) is 9.59 Å². The number of anilines is 1. The van der Waals surface area contributed by atoms with Crippen LogP contribution in [0.3, 0.4) is 0 Å². The SMILES string of the molecule is CC(C)c1ccc(OCC(=O)Nc2ccc(C(=O)O)c(Cl)c2)cc1. The number of carboxylic acids is 1. The van der Waals surface area contributed by atoms with Gasteiger partial charge in [-0.1, -0.05) is 37.6 Å². The van der Waals surface area contributed by atoms with Gasteiger partial charge in [0.05, 0.1) is 10.6 Å². The second-order valence-electron chi connectivity index (χ2n) is 5.56. The number of rotatable bonds is 6. The molecule has 0 radical (unpaired) electrons. The van der Waals surface area contributed by atoms with Crippen molar-refractivity contribution in [2.24, 2.45) is 0 Å². The smallest absolute Gasteiger partial charge is 0.337 e. The molecule has 0 aliphatic rings. The van der Waals surface area contributed by atoms with Crippen molar-refractivity contribution < 1.29 is 19.4 Å². The van der Waals surface area contributed by atoms with E-state index in [1.807, 2.05) is 24.3 Å². The van der Waals surface area contributed by atoms with E-state index in [1.165, 1.54) is 23.8 Å². The number of carbonyl (C=O) groups excluding carboxylic acids is 1. The minimum absolute atomic E-state index is 0.0174. The summed E-state index contributed by atoms with van der Waals surface area (Å²) in [5, 5.41) is 11.6. The van der Waals surface area contributed by atoms with Crippen LogP contribution in [0.2, 0.25) is 5.02 Å². The third kappa shape index (κ3) is 4.73. The predicted octanol–water partition coefficient (Wildman–Crippen LogP) is 4.18. The Morgan fingerprint density at radius 3 is 2.38 bits per heavy atom. The van der Waals surface area contributed by atoms with Gasteiger partial charge in [-0.05, 0) is 41.8 Å². The van der Waals surface area contributed by atoms with Crippen molar-refractivity contribution >= 4 is 29.2 Å². The molecule has 0 saturated heterocycles. The zero-order chi connectivity index (χ0) is 17.7. The molecule has 126 valence electrons. The molecule has 0 fully saturated rings. The molecule has 2 rings (SSSR count). The molecule has 0 atom stereocenters. The van der Waals surface area contributed by atoms with Gasteiger partial charge in [-0.3, -0.25) is 4.79 Å². The van der Waals surface area contributed by atoms with Gasteiger partial charge in [0, 0.05) is 5.69 Å². The molecule has 5 nitrogen and oxygen atoms in total. The molecule has 24 heavy (non-hydrogen) atoms. The van der Waals surface area contributed by atoms with Crippen molar-refractivity contribution in [3.05, 3.63) is 58.6 Å². The number of ether oxygens (including phenoxy) is 1. The lowest BCUT2D eigenvalue weighted by Crippen LogP contribution is -2.20. The molecule has 0 aliphatic carbocycles. The highest BCUT2D eigenvalue weighted by atomic mass is 35.5. The zero-order valence-electron chi connectivity index (χ0n) is 13.4. The maximum atomic E-state index is 11.9. The summed E-state index contributed by atoms with van der Waals surface area (Å²) in [4.78, 5) is 22.8. The minimum Gasteiger partial charge on any atom is -0.484 e. The Bertz CT molecular complexity index is 741. The van der Waals surface area contributed by atoms with Crippen LogP contribution in [-0.4, -0.2) is 23.6 Å². The summed E-state index contributed by atoms with van der Waals surface area (Å²) in [7, 11) is 0. The Morgan fingerprint density at radius 2 is 1.83 bits per heavy atom. The van der Waals surface area contributed by atoms with Crippen molar-refractivity contribution in [3.63, 3.8) is 0 Å². The molecule has 2 aromatic carbocycles. The summed E-state index contributed by atoms with van der Waals surface area (Å²) < 4.78 is 5.43. The van der Waals surface area contributed by atoms with E-state index >= 15 is 0 Å². The highest BCUT2D eigenvalue weighted by molar-refractivity contribution is 6.33. The van der Waals surface area contributed by atoms with Crippen molar-refractivity contribution in [2.45, 2.75) is 19.8 Å². The molecule has 2 N–H and O–H groups in total. The van der Waals surface area contributed by atoms with Gasteiger partial charge >= 0.3 is 5.97 Å². The average molecular weight is 348 g/mol. The maximum Gasteiger partial charge on any atom is 0.337 e. The Labute approximate surface area is 145 Å². The van der Waals surface area contributed by atoms with E-state index in [2.05, 4.69) is 19.2 Å². The summed E-state index contributed by atoms with van der Waals surface area (Å²) in [6.45, 7) is 4.05. The lowest BCUT2D eigenvalue weighted by Gasteiger charge is -2.10.